The van der Waals surface area contributed by atoms with Crippen LogP contribution < -0.4 is 5.32 Å². The first-order valence-corrected chi connectivity index (χ1v) is 7.56. The Morgan fingerprint density at radius 2 is 2.22 bits per heavy atom. The van der Waals surface area contributed by atoms with Crippen LogP contribution in [0, 0.1) is 5.92 Å². The Labute approximate surface area is 108 Å². The Kier molecular flexibility index (Phi) is 3.74. The fraction of sp³-hybridized carbons (Fsp3) is 0.727. The molecule has 0 saturated carbocycles. The molecule has 0 spiro atoms. The lowest BCUT2D eigenvalue weighted by atomic mass is 9.96. The fourth-order valence-corrected chi connectivity index (χ4v) is 4.16. The van der Waals surface area contributed by atoms with Gasteiger partial charge in [0.1, 0.15) is 0 Å². The molecule has 0 aliphatic carbocycles. The van der Waals surface area contributed by atoms with Gasteiger partial charge >= 0.3 is 0 Å². The number of nitrogens with zero attached hydrogens (tertiary/aromatic N) is 3. The quantitative estimate of drug-likeness (QED) is 0.843. The minimum Gasteiger partial charge on any atom is -0.317 e. The van der Waals surface area contributed by atoms with Crippen molar-refractivity contribution >= 4 is 10.0 Å². The first-order valence-electron chi connectivity index (χ1n) is 6.12. The van der Waals surface area contributed by atoms with Gasteiger partial charge in [0.25, 0.3) is 10.0 Å². The highest BCUT2D eigenvalue weighted by Crippen LogP contribution is 2.23. The van der Waals surface area contributed by atoms with Crippen LogP contribution in [0.4, 0.5) is 0 Å². The Morgan fingerprint density at radius 1 is 1.50 bits per heavy atom. The van der Waals surface area contributed by atoms with Crippen molar-refractivity contribution in [1.82, 2.24) is 19.4 Å². The van der Waals surface area contributed by atoms with E-state index in [1.807, 2.05) is 7.05 Å². The average molecular weight is 272 g/mol. The number of rotatable bonds is 3. The summed E-state index contributed by atoms with van der Waals surface area (Å²) in [6, 6.07) is 1.94. The molecule has 0 radical (unpaired) electrons. The third kappa shape index (κ3) is 2.30. The van der Waals surface area contributed by atoms with E-state index in [0.29, 0.717) is 25.0 Å². The topological polar surface area (TPSA) is 67.2 Å². The maximum Gasteiger partial charge on any atom is 0.260 e. The molecule has 1 saturated heterocycles. The van der Waals surface area contributed by atoms with Crippen molar-refractivity contribution in [3.63, 3.8) is 0 Å². The predicted octanol–water partition coefficient (Wildman–Crippen LogP) is 0.0386. The zero-order valence-electron chi connectivity index (χ0n) is 11.0. The summed E-state index contributed by atoms with van der Waals surface area (Å²) in [6.07, 6.45) is 2.35. The van der Waals surface area contributed by atoms with Crippen molar-refractivity contribution in [2.45, 2.75) is 24.4 Å². The standard InChI is InChI=1S/C11H20N4O2S/c1-9-8-15(7-5-10(9)12-2)18(16,17)11-4-6-13-14(11)3/h4,6,9-10,12H,5,7-8H2,1-3H3. The van der Waals surface area contributed by atoms with Crippen molar-refractivity contribution in [1.29, 1.82) is 0 Å². The maximum atomic E-state index is 12.5. The molecule has 7 heteroatoms. The van der Waals surface area contributed by atoms with Crippen LogP contribution in [0.5, 0.6) is 0 Å². The van der Waals surface area contributed by atoms with Gasteiger partial charge < -0.3 is 5.32 Å². The van der Waals surface area contributed by atoms with Gasteiger partial charge in [0, 0.05) is 26.2 Å². The fourth-order valence-electron chi connectivity index (χ4n) is 2.50. The van der Waals surface area contributed by atoms with E-state index >= 15 is 0 Å². The highest BCUT2D eigenvalue weighted by Gasteiger charge is 2.34. The average Bonchev–Trinajstić information content (AvgIpc) is 2.76. The van der Waals surface area contributed by atoms with Gasteiger partial charge in [-0.2, -0.15) is 9.40 Å². The number of nitrogens with one attached hydrogen (secondary N) is 1. The third-order valence-electron chi connectivity index (χ3n) is 3.62. The molecule has 1 aromatic heterocycles. The predicted molar refractivity (Wildman–Crippen MR) is 68.6 cm³/mol. The molecule has 1 fully saturated rings. The third-order valence-corrected chi connectivity index (χ3v) is 5.56. The molecule has 2 atom stereocenters. The molecular formula is C11H20N4O2S. The molecule has 2 unspecified atom stereocenters. The minimum atomic E-state index is -3.41. The smallest absolute Gasteiger partial charge is 0.260 e. The van der Waals surface area contributed by atoms with Gasteiger partial charge in [-0.25, -0.2) is 8.42 Å². The highest BCUT2D eigenvalue weighted by molar-refractivity contribution is 7.89. The van der Waals surface area contributed by atoms with E-state index in [4.69, 9.17) is 0 Å². The van der Waals surface area contributed by atoms with E-state index < -0.39 is 10.0 Å². The molecule has 18 heavy (non-hydrogen) atoms. The van der Waals surface area contributed by atoms with Crippen LogP contribution in [-0.2, 0) is 17.1 Å². The summed E-state index contributed by atoms with van der Waals surface area (Å²) in [5.41, 5.74) is 0. The number of piperidine rings is 1. The van der Waals surface area contributed by atoms with Crippen LogP contribution in [0.15, 0.2) is 17.3 Å². The summed E-state index contributed by atoms with van der Waals surface area (Å²) < 4.78 is 27.9. The number of aromatic nitrogens is 2. The van der Waals surface area contributed by atoms with Crippen LogP contribution in [-0.4, -0.2) is 48.7 Å². The van der Waals surface area contributed by atoms with Gasteiger partial charge in [-0.15, -0.1) is 0 Å². The SMILES string of the molecule is CNC1CCN(S(=O)(=O)c2ccnn2C)CC1C. The molecule has 1 aromatic rings. The largest absolute Gasteiger partial charge is 0.317 e. The second-order valence-electron chi connectivity index (χ2n) is 4.82. The lowest BCUT2D eigenvalue weighted by Gasteiger charge is -2.35. The normalized spacial score (nSPS) is 26.4. The lowest BCUT2D eigenvalue weighted by Crippen LogP contribution is -2.49. The molecule has 1 N–H and O–H groups in total. The van der Waals surface area contributed by atoms with Gasteiger partial charge in [-0.3, -0.25) is 4.68 Å². The number of hydrogen-bond donors (Lipinski definition) is 1. The molecule has 2 rings (SSSR count). The van der Waals surface area contributed by atoms with Crippen LogP contribution in [0.3, 0.4) is 0 Å². The van der Waals surface area contributed by atoms with E-state index in [9.17, 15) is 8.42 Å². The van der Waals surface area contributed by atoms with E-state index in [-0.39, 0.29) is 5.03 Å². The van der Waals surface area contributed by atoms with Crippen LogP contribution >= 0.6 is 0 Å². The lowest BCUT2D eigenvalue weighted by molar-refractivity contribution is 0.227. The van der Waals surface area contributed by atoms with Gasteiger partial charge in [0.2, 0.25) is 0 Å². The van der Waals surface area contributed by atoms with E-state index in [1.54, 1.807) is 17.4 Å². The summed E-state index contributed by atoms with van der Waals surface area (Å²) in [4.78, 5) is 0. The summed E-state index contributed by atoms with van der Waals surface area (Å²) in [6.45, 7) is 3.19. The number of sulfonamides is 1. The van der Waals surface area contributed by atoms with E-state index in [2.05, 4.69) is 17.3 Å². The minimum absolute atomic E-state index is 0.262. The Bertz CT molecular complexity index is 511. The van der Waals surface area contributed by atoms with Gasteiger partial charge in [0.05, 0.1) is 6.20 Å². The zero-order valence-corrected chi connectivity index (χ0v) is 11.8. The van der Waals surface area contributed by atoms with Gasteiger partial charge in [0.15, 0.2) is 5.03 Å². The highest BCUT2D eigenvalue weighted by atomic mass is 32.2. The van der Waals surface area contributed by atoms with Crippen molar-refractivity contribution < 1.29 is 8.42 Å². The Balaban J connectivity index is 2.21. The molecule has 0 aromatic carbocycles. The van der Waals surface area contributed by atoms with Gasteiger partial charge in [-0.05, 0) is 25.5 Å². The molecule has 102 valence electrons. The molecular weight excluding hydrogens is 252 g/mol. The summed E-state index contributed by atoms with van der Waals surface area (Å²) in [7, 11) is 0.165. The number of hydrogen-bond acceptors (Lipinski definition) is 4. The summed E-state index contributed by atoms with van der Waals surface area (Å²) >= 11 is 0. The maximum absolute atomic E-state index is 12.5. The molecule has 0 bridgehead atoms. The summed E-state index contributed by atoms with van der Waals surface area (Å²) in [5, 5.41) is 7.42. The zero-order chi connectivity index (χ0) is 13.3. The first-order chi connectivity index (χ1) is 8.46. The molecule has 0 amide bonds. The molecule has 6 nitrogen and oxygen atoms in total. The van der Waals surface area contributed by atoms with Crippen molar-refractivity contribution in [2.24, 2.45) is 13.0 Å². The van der Waals surface area contributed by atoms with E-state index in [1.165, 1.54) is 10.9 Å². The number of aryl methyl sites for hydroxylation is 1. The molecule has 1 aliphatic rings. The van der Waals surface area contributed by atoms with Crippen LogP contribution in [0.1, 0.15) is 13.3 Å². The second kappa shape index (κ2) is 4.99. The monoisotopic (exact) mass is 272 g/mol. The molecule has 2 heterocycles. The molecule has 1 aliphatic heterocycles. The van der Waals surface area contributed by atoms with Crippen LogP contribution in [0.2, 0.25) is 0 Å². The summed E-state index contributed by atoms with van der Waals surface area (Å²) in [5.74, 6) is 0.312. The Hall–Kier alpha value is -0.920. The Morgan fingerprint density at radius 3 is 2.72 bits per heavy atom. The van der Waals surface area contributed by atoms with Crippen LogP contribution in [0.25, 0.3) is 0 Å². The van der Waals surface area contributed by atoms with Crippen molar-refractivity contribution in [3.05, 3.63) is 12.3 Å². The van der Waals surface area contributed by atoms with Gasteiger partial charge in [-0.1, -0.05) is 6.92 Å². The van der Waals surface area contributed by atoms with E-state index in [0.717, 1.165) is 6.42 Å². The van der Waals surface area contributed by atoms with Crippen molar-refractivity contribution in [2.75, 3.05) is 20.1 Å². The second-order valence-corrected chi connectivity index (χ2v) is 6.70. The first kappa shape index (κ1) is 13.5. The van der Waals surface area contributed by atoms with Crippen molar-refractivity contribution in [3.8, 4) is 0 Å².